The Bertz CT molecular complexity index is 2600. The molecule has 0 radical (unpaired) electrons. The molecule has 18 nitrogen and oxygen atoms in total. The molecule has 2 unspecified atom stereocenters. The summed E-state index contributed by atoms with van der Waals surface area (Å²) in [6, 6.07) is 16.0. The molecule has 0 fully saturated rings. The zero-order chi connectivity index (χ0) is 52.3. The molecule has 2 atom stereocenters. The topological polar surface area (TPSA) is 232 Å². The highest BCUT2D eigenvalue weighted by atomic mass is 35.5. The highest BCUT2D eigenvalue weighted by Gasteiger charge is 2.32. The maximum absolute atomic E-state index is 14.3. The number of ether oxygens (including phenoxy) is 3. The number of carbonyl (C=O) groups is 4. The number of methoxy groups -OCH3 is 2. The van der Waals surface area contributed by atoms with Gasteiger partial charge in [0.05, 0.1) is 60.8 Å². The maximum atomic E-state index is 14.3. The van der Waals surface area contributed by atoms with Gasteiger partial charge in [-0.1, -0.05) is 72.1 Å². The van der Waals surface area contributed by atoms with Crippen LogP contribution in [0.3, 0.4) is 0 Å². The molecule has 0 spiro atoms. The number of carbonyl (C=O) groups excluding carboxylic acids is 3. The van der Waals surface area contributed by atoms with Crippen LogP contribution in [0.4, 0.5) is 21.5 Å². The van der Waals surface area contributed by atoms with E-state index in [0.717, 1.165) is 70.9 Å². The minimum Gasteiger partial charge on any atom is -0.489 e. The molecule has 2 aliphatic heterocycles. The second-order valence-electron chi connectivity index (χ2n) is 15.2. The number of para-hydroxylation sites is 3. The molecule has 2 aliphatic rings. The maximum Gasteiger partial charge on any atom is 0.339 e. The standard InChI is InChI=1S/C15H15ClFN3O3S2.C15H22ClNO2.C11H11Cl2NO2.C3H8NO5P/c1-23-13(21)8-24-12-7-11(10(17)6-9(12)16)18-14-19-4-2-3-5-20(19)15(22)25-14;1-5-13-8-6-7-11(2)15(13)17(14(18)9-16)12(3)10-19-4;1-7-6-16-9-5-3-2-4-8(9)14(7)11(15)10(12)13;5-3(6)1-4-2-10(7,8)9/h6-7H,2-5,8H2,1H3;6-8,12H,5,9-10H2,1-4H3;2-5,7,10H,6H2,1H3;4H,1-2H2,(H,5,6)(H2,7,8,9). The fourth-order valence-electron chi connectivity index (χ4n) is 6.80. The van der Waals surface area contributed by atoms with E-state index in [0.29, 0.717) is 41.7 Å². The Morgan fingerprint density at radius 3 is 2.36 bits per heavy atom. The van der Waals surface area contributed by atoms with Crippen LogP contribution in [-0.4, -0.2) is 117 Å². The Kier molecular flexibility index (Phi) is 25.4. The Balaban J connectivity index is 0.000000259. The van der Waals surface area contributed by atoms with Gasteiger partial charge in [0, 0.05) is 25.1 Å². The van der Waals surface area contributed by atoms with Crippen molar-refractivity contribution in [1.82, 2.24) is 14.7 Å². The minimum absolute atomic E-state index is 0.0223. The molecule has 3 heterocycles. The first-order chi connectivity index (χ1) is 33.1. The first-order valence-corrected chi connectivity index (χ1v) is 26.8. The van der Waals surface area contributed by atoms with Crippen molar-refractivity contribution < 1.29 is 57.2 Å². The number of nitrogens with zero attached hydrogens (tertiary/aromatic N) is 5. The molecular formula is C44H56Cl4FN6O12PS2. The van der Waals surface area contributed by atoms with Crippen molar-refractivity contribution in [1.29, 1.82) is 0 Å². The number of halogens is 5. The van der Waals surface area contributed by atoms with Crippen LogP contribution in [0.5, 0.6) is 5.75 Å². The van der Waals surface area contributed by atoms with Gasteiger partial charge in [-0.05, 0) is 86.8 Å². The molecule has 0 bridgehead atoms. The van der Waals surface area contributed by atoms with E-state index in [1.165, 1.54) is 13.2 Å². The quantitative estimate of drug-likeness (QED) is 0.0395. The Morgan fingerprint density at radius 1 is 1.09 bits per heavy atom. The number of aromatic nitrogens is 2. The third-order valence-corrected chi connectivity index (χ3v) is 13.5. The fourth-order valence-corrected chi connectivity index (χ4v) is 9.53. The predicted molar refractivity (Wildman–Crippen MR) is 272 cm³/mol. The molecule has 4 N–H and O–H groups in total. The lowest BCUT2D eigenvalue weighted by Crippen LogP contribution is -2.47. The third-order valence-electron chi connectivity index (χ3n) is 9.92. The summed E-state index contributed by atoms with van der Waals surface area (Å²) in [6.45, 7) is 9.79. The number of esters is 1. The summed E-state index contributed by atoms with van der Waals surface area (Å²) >= 11 is 25.2. The average Bonchev–Trinajstić information content (AvgIpc) is 3.63. The normalized spacial score (nSPS) is 14.5. The first-order valence-electron chi connectivity index (χ1n) is 21.4. The average molecular weight is 1120 g/mol. The number of thioether (sulfide) groups is 1. The number of aliphatic carboxylic acids is 1. The van der Waals surface area contributed by atoms with Gasteiger partial charge in [-0.2, -0.15) is 0 Å². The molecular weight excluding hydrogens is 1060 g/mol. The van der Waals surface area contributed by atoms with E-state index >= 15 is 0 Å². The second-order valence-corrected chi connectivity index (χ2v) is 20.6. The number of carboxylic acids is 1. The molecule has 1 aromatic heterocycles. The highest BCUT2D eigenvalue weighted by molar-refractivity contribution is 8.00. The van der Waals surface area contributed by atoms with Crippen molar-refractivity contribution in [2.24, 2.45) is 4.99 Å². The van der Waals surface area contributed by atoms with Crippen LogP contribution in [0.1, 0.15) is 44.7 Å². The van der Waals surface area contributed by atoms with Crippen LogP contribution in [0.2, 0.25) is 5.02 Å². The minimum atomic E-state index is -4.10. The number of fused-ring (bicyclic) bond motifs is 2. The van der Waals surface area contributed by atoms with Crippen molar-refractivity contribution >= 4 is 118 Å². The van der Waals surface area contributed by atoms with Gasteiger partial charge >= 0.3 is 24.4 Å². The van der Waals surface area contributed by atoms with Crippen LogP contribution >= 0.6 is 77.1 Å². The summed E-state index contributed by atoms with van der Waals surface area (Å²) < 4.78 is 43.0. The molecule has 2 amide bonds. The molecule has 3 aromatic carbocycles. The molecule has 0 saturated heterocycles. The third kappa shape index (κ3) is 18.2. The lowest BCUT2D eigenvalue weighted by atomic mass is 10.0. The number of carboxylic acid groups (broad SMARTS) is 1. The number of hydrogen-bond donors (Lipinski definition) is 4. The molecule has 4 aromatic rings. The number of aryl methyl sites for hydroxylation is 2. The summed E-state index contributed by atoms with van der Waals surface area (Å²) in [7, 11) is -1.16. The van der Waals surface area contributed by atoms with E-state index in [2.05, 4.69) is 28.0 Å². The fraction of sp³-hybridized carbons (Fsp3) is 0.455. The lowest BCUT2D eigenvalue weighted by Gasteiger charge is -2.35. The van der Waals surface area contributed by atoms with Crippen molar-refractivity contribution in [2.45, 2.75) is 81.9 Å². The van der Waals surface area contributed by atoms with Crippen LogP contribution < -0.4 is 29.5 Å². The summed E-state index contributed by atoms with van der Waals surface area (Å²) in [4.78, 5) is 81.0. The van der Waals surface area contributed by atoms with Crippen molar-refractivity contribution in [3.63, 3.8) is 0 Å². The van der Waals surface area contributed by atoms with Gasteiger partial charge in [-0.25, -0.2) is 14.1 Å². The summed E-state index contributed by atoms with van der Waals surface area (Å²) in [6.07, 6.45) is 2.18. The van der Waals surface area contributed by atoms with E-state index in [1.807, 2.05) is 57.2 Å². The number of hydrogen-bond acceptors (Lipinski definition) is 13. The van der Waals surface area contributed by atoms with Gasteiger partial charge in [-0.15, -0.1) is 23.4 Å². The van der Waals surface area contributed by atoms with Crippen LogP contribution in [-0.2, 0) is 52.7 Å². The molecule has 386 valence electrons. The Labute approximate surface area is 432 Å². The lowest BCUT2D eigenvalue weighted by molar-refractivity contribution is -0.137. The molecule has 6 rings (SSSR count). The summed E-state index contributed by atoms with van der Waals surface area (Å²) in [5, 5.41) is 10.3. The van der Waals surface area contributed by atoms with Crippen molar-refractivity contribution in [2.75, 3.05) is 61.7 Å². The summed E-state index contributed by atoms with van der Waals surface area (Å²) in [5.41, 5.74) is 4.01. The highest BCUT2D eigenvalue weighted by Crippen LogP contribution is 2.36. The second kappa shape index (κ2) is 29.5. The predicted octanol–water partition coefficient (Wildman–Crippen LogP) is 7.36. The van der Waals surface area contributed by atoms with E-state index in [9.17, 15) is 32.9 Å². The van der Waals surface area contributed by atoms with Crippen molar-refractivity contribution in [3.8, 4) is 5.75 Å². The SMILES string of the molecule is CC1COc2ccccc2N1C(=O)C(Cl)Cl.CCc1cccc(C)c1N(C(=O)CCl)C(C)COC.COC(=O)CSc1cc(N=c2sc(=O)n3n2CCCC3)c(F)cc1Cl.O=C(O)CNCP(=O)(O)O. The number of alkyl halides is 3. The van der Waals surface area contributed by atoms with Gasteiger partial charge in [0.2, 0.25) is 10.7 Å². The van der Waals surface area contributed by atoms with E-state index in [4.69, 9.17) is 70.8 Å². The zero-order valence-corrected chi connectivity index (χ0v) is 44.7. The number of anilines is 2. The molecule has 0 saturated carbocycles. The first kappa shape index (κ1) is 60.3. The van der Waals surface area contributed by atoms with E-state index in [-0.39, 0.29) is 51.1 Å². The Hall–Kier alpha value is -3.99. The van der Waals surface area contributed by atoms with Gasteiger partial charge in [-0.3, -0.25) is 38.5 Å². The number of rotatable bonds is 15. The number of benzene rings is 3. The smallest absolute Gasteiger partial charge is 0.339 e. The molecule has 26 heteroatoms. The van der Waals surface area contributed by atoms with Crippen LogP contribution in [0.25, 0.3) is 0 Å². The zero-order valence-electron chi connectivity index (χ0n) is 39.1. The van der Waals surface area contributed by atoms with Gasteiger partial charge < -0.3 is 38.9 Å². The number of amides is 2. The molecule has 70 heavy (non-hydrogen) atoms. The summed E-state index contributed by atoms with van der Waals surface area (Å²) in [5.74, 6) is -1.81. The van der Waals surface area contributed by atoms with Gasteiger partial charge in [0.15, 0.2) is 4.84 Å². The van der Waals surface area contributed by atoms with Crippen LogP contribution in [0, 0.1) is 12.7 Å². The molecule has 0 aliphatic carbocycles. The number of nitrogens with one attached hydrogen (secondary N) is 1. The van der Waals surface area contributed by atoms with E-state index in [1.54, 1.807) is 26.3 Å². The largest absolute Gasteiger partial charge is 0.489 e. The van der Waals surface area contributed by atoms with Crippen molar-refractivity contribution in [3.05, 3.63) is 91.0 Å². The van der Waals surface area contributed by atoms with Crippen LogP contribution in [0.15, 0.2) is 69.3 Å². The van der Waals surface area contributed by atoms with Gasteiger partial charge in [0.25, 0.3) is 5.91 Å². The van der Waals surface area contributed by atoms with Gasteiger partial charge in [0.1, 0.15) is 29.7 Å². The monoisotopic (exact) mass is 1110 g/mol. The Morgan fingerprint density at radius 2 is 1.76 bits per heavy atom. The van der Waals surface area contributed by atoms with E-state index < -0.39 is 43.0 Å².